The maximum atomic E-state index is 12.8. The molecule has 180 valence electrons. The first-order chi connectivity index (χ1) is 15.4. The van der Waals surface area contributed by atoms with E-state index in [0.717, 1.165) is 10.4 Å². The molecule has 2 amide bonds. The van der Waals surface area contributed by atoms with Crippen molar-refractivity contribution in [3.63, 3.8) is 0 Å². The van der Waals surface area contributed by atoms with Crippen molar-refractivity contribution >= 4 is 34.1 Å². The van der Waals surface area contributed by atoms with Crippen LogP contribution >= 0.6 is 11.3 Å². The Hall–Kier alpha value is -3.07. The van der Waals surface area contributed by atoms with E-state index in [1.165, 1.54) is 11.3 Å². The summed E-state index contributed by atoms with van der Waals surface area (Å²) in [6.07, 6.45) is 0. The van der Waals surface area contributed by atoms with E-state index in [1.807, 2.05) is 6.92 Å². The number of aryl methyl sites for hydroxylation is 1. The highest BCUT2D eigenvalue weighted by Gasteiger charge is 2.27. The van der Waals surface area contributed by atoms with Gasteiger partial charge >= 0.3 is 5.97 Å². The predicted molar refractivity (Wildman–Crippen MR) is 128 cm³/mol. The van der Waals surface area contributed by atoms with Gasteiger partial charge in [0.1, 0.15) is 16.5 Å². The zero-order valence-electron chi connectivity index (χ0n) is 20.4. The average Bonchev–Trinajstić information content (AvgIpc) is 3.03. The molecule has 0 radical (unpaired) electrons. The summed E-state index contributed by atoms with van der Waals surface area (Å²) in [6.45, 7) is 10.3. The second-order valence-electron chi connectivity index (χ2n) is 8.66. The van der Waals surface area contributed by atoms with Crippen LogP contribution in [-0.2, 0) is 14.3 Å². The summed E-state index contributed by atoms with van der Waals surface area (Å²) in [6, 6.07) is 4.89. The van der Waals surface area contributed by atoms with Gasteiger partial charge in [0.05, 0.1) is 25.8 Å². The molecule has 0 saturated heterocycles. The summed E-state index contributed by atoms with van der Waals surface area (Å²) >= 11 is 1.30. The van der Waals surface area contributed by atoms with E-state index >= 15 is 0 Å². The molecule has 0 aliphatic rings. The minimum atomic E-state index is -0.664. The lowest BCUT2D eigenvalue weighted by molar-refractivity contribution is -0.125. The molecule has 1 heterocycles. The van der Waals surface area contributed by atoms with Gasteiger partial charge in [0.2, 0.25) is 5.91 Å². The summed E-state index contributed by atoms with van der Waals surface area (Å²) in [5.74, 6) is -0.110. The molecule has 1 unspecified atom stereocenters. The average molecular weight is 477 g/mol. The fourth-order valence-corrected chi connectivity index (χ4v) is 4.04. The van der Waals surface area contributed by atoms with Crippen LogP contribution in [0.25, 0.3) is 0 Å². The first kappa shape index (κ1) is 26.2. The SMILES string of the molecule is COc1ccc(OC)c(C(C)NC(=O)COC(=O)c2c(NC(=O)C(C)(C)C)sc(C)c2C)c1. The molecule has 33 heavy (non-hydrogen) atoms. The van der Waals surface area contributed by atoms with Crippen LogP contribution in [0.1, 0.15) is 60.1 Å². The number of esters is 1. The molecule has 0 bridgehead atoms. The number of ether oxygens (including phenoxy) is 3. The smallest absolute Gasteiger partial charge is 0.341 e. The minimum Gasteiger partial charge on any atom is -0.497 e. The van der Waals surface area contributed by atoms with Crippen molar-refractivity contribution < 1.29 is 28.6 Å². The van der Waals surface area contributed by atoms with Gasteiger partial charge in [-0.3, -0.25) is 9.59 Å². The van der Waals surface area contributed by atoms with E-state index in [4.69, 9.17) is 14.2 Å². The lowest BCUT2D eigenvalue weighted by atomic mass is 9.96. The Balaban J connectivity index is 2.08. The number of thiophene rings is 1. The normalized spacial score (nSPS) is 12.0. The van der Waals surface area contributed by atoms with E-state index in [0.29, 0.717) is 22.1 Å². The van der Waals surface area contributed by atoms with Crippen molar-refractivity contribution in [3.05, 3.63) is 39.8 Å². The summed E-state index contributed by atoms with van der Waals surface area (Å²) in [7, 11) is 3.10. The van der Waals surface area contributed by atoms with Crippen molar-refractivity contribution in [2.45, 2.75) is 47.6 Å². The number of carbonyl (C=O) groups excluding carboxylic acids is 3. The highest BCUT2D eigenvalue weighted by Crippen LogP contribution is 2.34. The molecule has 0 aliphatic heterocycles. The predicted octanol–water partition coefficient (Wildman–Crippen LogP) is 4.40. The summed E-state index contributed by atoms with van der Waals surface area (Å²) < 4.78 is 15.9. The summed E-state index contributed by atoms with van der Waals surface area (Å²) in [5.41, 5.74) is 1.09. The molecular formula is C24H32N2O6S. The molecule has 1 aromatic heterocycles. The molecule has 1 atom stereocenters. The number of methoxy groups -OCH3 is 2. The van der Waals surface area contributed by atoms with Gasteiger partial charge in [0.25, 0.3) is 5.91 Å². The van der Waals surface area contributed by atoms with Gasteiger partial charge in [-0.25, -0.2) is 4.79 Å². The number of nitrogens with one attached hydrogen (secondary N) is 2. The molecule has 0 fully saturated rings. The van der Waals surface area contributed by atoms with Gasteiger partial charge in [-0.2, -0.15) is 0 Å². The first-order valence-corrected chi connectivity index (χ1v) is 11.3. The largest absolute Gasteiger partial charge is 0.497 e. The van der Waals surface area contributed by atoms with Crippen molar-refractivity contribution in [2.75, 3.05) is 26.1 Å². The third-order valence-corrected chi connectivity index (χ3v) is 6.24. The molecule has 2 rings (SSSR count). The molecule has 2 aromatic rings. The Morgan fingerprint density at radius 2 is 1.76 bits per heavy atom. The second kappa shape index (κ2) is 10.7. The molecule has 0 aliphatic carbocycles. The van der Waals surface area contributed by atoms with Crippen LogP contribution in [0, 0.1) is 19.3 Å². The highest BCUT2D eigenvalue weighted by atomic mass is 32.1. The monoisotopic (exact) mass is 476 g/mol. The minimum absolute atomic E-state index is 0.211. The number of hydrogen-bond donors (Lipinski definition) is 2. The summed E-state index contributed by atoms with van der Waals surface area (Å²) in [4.78, 5) is 38.6. The van der Waals surface area contributed by atoms with Gasteiger partial charge in [0.15, 0.2) is 6.61 Å². The number of amides is 2. The molecule has 8 nitrogen and oxygen atoms in total. The van der Waals surface area contributed by atoms with Crippen LogP contribution in [0.3, 0.4) is 0 Å². The van der Waals surface area contributed by atoms with Crippen molar-refractivity contribution in [2.24, 2.45) is 5.41 Å². The Morgan fingerprint density at radius 1 is 1.09 bits per heavy atom. The number of carbonyl (C=O) groups is 3. The van der Waals surface area contributed by atoms with Crippen LogP contribution < -0.4 is 20.1 Å². The topological polar surface area (TPSA) is 103 Å². The van der Waals surface area contributed by atoms with Gasteiger partial charge in [-0.15, -0.1) is 11.3 Å². The standard InChI is InChI=1S/C24H32N2O6S/c1-13-15(3)33-21(26-23(29)24(4,5)6)20(13)22(28)32-12-19(27)25-14(2)17-11-16(30-7)9-10-18(17)31-8/h9-11,14H,12H2,1-8H3,(H,25,27)(H,26,29). The Bertz CT molecular complexity index is 1040. The Labute approximate surface area is 198 Å². The number of hydrogen-bond acceptors (Lipinski definition) is 7. The summed E-state index contributed by atoms with van der Waals surface area (Å²) in [5, 5.41) is 6.03. The van der Waals surface area contributed by atoms with Gasteiger partial charge < -0.3 is 24.8 Å². The van der Waals surface area contributed by atoms with Crippen LogP contribution in [-0.4, -0.2) is 38.6 Å². The lowest BCUT2D eigenvalue weighted by Crippen LogP contribution is -2.31. The third kappa shape index (κ3) is 6.47. The zero-order chi connectivity index (χ0) is 24.9. The van der Waals surface area contributed by atoms with E-state index < -0.39 is 29.9 Å². The number of benzene rings is 1. The number of anilines is 1. The Kier molecular flexibility index (Phi) is 8.49. The lowest BCUT2D eigenvalue weighted by Gasteiger charge is -2.19. The molecule has 1 aromatic carbocycles. The molecular weight excluding hydrogens is 444 g/mol. The van der Waals surface area contributed by atoms with Crippen LogP contribution in [0.4, 0.5) is 5.00 Å². The molecule has 0 spiro atoms. The molecule has 2 N–H and O–H groups in total. The van der Waals surface area contributed by atoms with Gasteiger partial charge in [-0.05, 0) is 44.5 Å². The maximum Gasteiger partial charge on any atom is 0.341 e. The van der Waals surface area contributed by atoms with Gasteiger partial charge in [-0.1, -0.05) is 20.8 Å². The zero-order valence-corrected chi connectivity index (χ0v) is 21.2. The fourth-order valence-electron chi connectivity index (χ4n) is 2.99. The highest BCUT2D eigenvalue weighted by molar-refractivity contribution is 7.16. The maximum absolute atomic E-state index is 12.8. The van der Waals surface area contributed by atoms with E-state index in [9.17, 15) is 14.4 Å². The Morgan fingerprint density at radius 3 is 2.33 bits per heavy atom. The van der Waals surface area contributed by atoms with Crippen molar-refractivity contribution in [1.29, 1.82) is 0 Å². The fraction of sp³-hybridized carbons (Fsp3) is 0.458. The van der Waals surface area contributed by atoms with Crippen LogP contribution in [0.2, 0.25) is 0 Å². The van der Waals surface area contributed by atoms with Crippen molar-refractivity contribution in [3.8, 4) is 11.5 Å². The third-order valence-electron chi connectivity index (χ3n) is 5.11. The van der Waals surface area contributed by atoms with E-state index in [2.05, 4.69) is 10.6 Å². The second-order valence-corrected chi connectivity index (χ2v) is 9.89. The quantitative estimate of drug-likeness (QED) is 0.548. The van der Waals surface area contributed by atoms with Crippen LogP contribution in [0.15, 0.2) is 18.2 Å². The molecule has 0 saturated carbocycles. The van der Waals surface area contributed by atoms with Gasteiger partial charge in [0, 0.05) is 15.9 Å². The van der Waals surface area contributed by atoms with E-state index in [1.54, 1.807) is 67.0 Å². The first-order valence-electron chi connectivity index (χ1n) is 10.5. The van der Waals surface area contributed by atoms with E-state index in [-0.39, 0.29) is 11.5 Å². The van der Waals surface area contributed by atoms with Crippen molar-refractivity contribution in [1.82, 2.24) is 5.32 Å². The number of rotatable bonds is 8. The molecule has 9 heteroatoms. The van der Waals surface area contributed by atoms with Crippen LogP contribution in [0.5, 0.6) is 11.5 Å².